The first-order valence-corrected chi connectivity index (χ1v) is 30.8. The van der Waals surface area contributed by atoms with E-state index in [9.17, 15) is 0 Å². The monoisotopic (exact) mass is 873 g/mol. The highest BCUT2D eigenvalue weighted by atomic mass is 28.4. The molecule has 0 bridgehead atoms. The van der Waals surface area contributed by atoms with Crippen LogP contribution in [0.2, 0.25) is 12.1 Å². The minimum absolute atomic E-state index is 0.742. The molecule has 6 nitrogen and oxygen atoms in total. The van der Waals surface area contributed by atoms with E-state index in [0.717, 1.165) is 96.7 Å². The van der Waals surface area contributed by atoms with Crippen molar-refractivity contribution in [3.63, 3.8) is 0 Å². The van der Waals surface area contributed by atoms with E-state index in [1.54, 1.807) is 0 Å². The summed E-state index contributed by atoms with van der Waals surface area (Å²) < 4.78 is 41.8. The predicted octanol–water partition coefficient (Wildman–Crippen LogP) is 17.5. The second-order valence-corrected chi connectivity index (χ2v) is 23.4. The highest BCUT2D eigenvalue weighted by Gasteiger charge is 2.45. The van der Waals surface area contributed by atoms with Crippen molar-refractivity contribution >= 4 is 17.6 Å². The summed E-state index contributed by atoms with van der Waals surface area (Å²) in [6.45, 7) is 18.2. The Bertz CT molecular complexity index is 636. The van der Waals surface area contributed by atoms with E-state index in [1.807, 2.05) is 0 Å². The molecule has 356 valence electrons. The Kier molecular flexibility index (Phi) is 47.8. The molecule has 0 radical (unpaired) electrons. The summed E-state index contributed by atoms with van der Waals surface area (Å²) in [6, 6.07) is 1.65. The molecule has 0 aliphatic carbocycles. The van der Waals surface area contributed by atoms with Crippen molar-refractivity contribution in [2.45, 2.75) is 291 Å². The predicted molar refractivity (Wildman–Crippen MR) is 262 cm³/mol. The fourth-order valence-electron chi connectivity index (χ4n) is 7.86. The van der Waals surface area contributed by atoms with Crippen molar-refractivity contribution in [1.29, 1.82) is 0 Å². The molecule has 0 spiro atoms. The molecule has 0 atom stereocenters. The van der Waals surface area contributed by atoms with E-state index < -0.39 is 17.6 Å². The second-order valence-electron chi connectivity index (χ2n) is 17.9. The van der Waals surface area contributed by atoms with Crippen LogP contribution >= 0.6 is 0 Å². The van der Waals surface area contributed by atoms with Crippen molar-refractivity contribution in [1.82, 2.24) is 0 Å². The van der Waals surface area contributed by atoms with Crippen molar-refractivity contribution < 1.29 is 26.6 Å². The summed E-state index contributed by atoms with van der Waals surface area (Å²) in [5.41, 5.74) is 0. The molecular formula is C51H108O6Si2. The molecule has 59 heavy (non-hydrogen) atoms. The van der Waals surface area contributed by atoms with E-state index in [-0.39, 0.29) is 0 Å². The molecule has 0 aromatic heterocycles. The summed E-state index contributed by atoms with van der Waals surface area (Å²) in [5.74, 6) is 0. The number of rotatable bonds is 52. The van der Waals surface area contributed by atoms with Gasteiger partial charge in [0.25, 0.3) is 0 Å². The van der Waals surface area contributed by atoms with Gasteiger partial charge in [0, 0.05) is 51.7 Å². The second kappa shape index (κ2) is 47.7. The molecule has 0 aliphatic heterocycles. The van der Waals surface area contributed by atoms with Crippen LogP contribution in [0.4, 0.5) is 0 Å². The van der Waals surface area contributed by atoms with Gasteiger partial charge in [0.15, 0.2) is 0 Å². The Morgan fingerprint density at radius 3 is 0.508 bits per heavy atom. The molecule has 0 N–H and O–H groups in total. The smallest absolute Gasteiger partial charge is 0.373 e. The summed E-state index contributed by atoms with van der Waals surface area (Å²) in [5, 5.41) is 0. The maximum atomic E-state index is 6.96. The zero-order valence-electron chi connectivity index (χ0n) is 41.3. The highest BCUT2D eigenvalue weighted by Crippen LogP contribution is 2.28. The maximum Gasteiger partial charge on any atom is 0.500 e. The van der Waals surface area contributed by atoms with Crippen LogP contribution in [0.3, 0.4) is 0 Å². The molecular weight excluding hydrogens is 765 g/mol. The lowest BCUT2D eigenvalue weighted by Crippen LogP contribution is -2.49. The van der Waals surface area contributed by atoms with Crippen LogP contribution in [0.15, 0.2) is 0 Å². The molecule has 0 aromatic carbocycles. The van der Waals surface area contributed by atoms with Crippen molar-refractivity contribution in [3.05, 3.63) is 0 Å². The molecule has 0 amide bonds. The van der Waals surface area contributed by atoms with Crippen LogP contribution in [0, 0.1) is 0 Å². The lowest BCUT2D eigenvalue weighted by molar-refractivity contribution is 0.0493. The summed E-state index contributed by atoms with van der Waals surface area (Å²) in [7, 11) is -5.87. The van der Waals surface area contributed by atoms with E-state index in [4.69, 9.17) is 26.6 Å². The van der Waals surface area contributed by atoms with Crippen LogP contribution in [0.5, 0.6) is 0 Å². The first-order valence-electron chi connectivity index (χ1n) is 26.9. The summed E-state index contributed by atoms with van der Waals surface area (Å²) >= 11 is 0. The van der Waals surface area contributed by atoms with Crippen LogP contribution in [-0.4, -0.2) is 57.3 Å². The van der Waals surface area contributed by atoms with Gasteiger partial charge in [-0.25, -0.2) is 0 Å². The molecule has 0 aromatic rings. The van der Waals surface area contributed by atoms with Crippen LogP contribution in [-0.2, 0) is 26.6 Å². The number of unbranched alkanes of at least 4 members (excludes halogenated alkanes) is 30. The van der Waals surface area contributed by atoms with Gasteiger partial charge < -0.3 is 26.6 Å². The largest absolute Gasteiger partial charge is 0.500 e. The van der Waals surface area contributed by atoms with Crippen molar-refractivity contribution in [3.8, 4) is 0 Å². The van der Waals surface area contributed by atoms with E-state index in [1.165, 1.54) is 193 Å². The van der Waals surface area contributed by atoms with Gasteiger partial charge in [-0.1, -0.05) is 234 Å². The molecule has 0 fully saturated rings. The first kappa shape index (κ1) is 59.2. The molecule has 0 heterocycles. The quantitative estimate of drug-likeness (QED) is 0.0448. The third-order valence-electron chi connectivity index (χ3n) is 11.9. The van der Waals surface area contributed by atoms with Gasteiger partial charge in [-0.2, -0.15) is 0 Å². The average Bonchev–Trinajstić information content (AvgIpc) is 3.24. The van der Waals surface area contributed by atoms with Crippen LogP contribution in [0.1, 0.15) is 279 Å². The standard InChI is InChI=1S/C51H108O6Si2/c1-7-13-19-25-31-37-44-52-58(53-45-38-32-26-20-14-8-2,54-46-39-33-27-21-15-9-3)50-43-51-59(55-47-40-34-28-22-16-10-4,56-48-41-35-29-23-17-11-5)57-49-42-36-30-24-18-12-6/h7-51H2,1-6H3. The molecule has 0 saturated carbocycles. The van der Waals surface area contributed by atoms with Gasteiger partial charge in [-0.05, 0) is 44.9 Å². The van der Waals surface area contributed by atoms with E-state index in [2.05, 4.69) is 41.5 Å². The fraction of sp³-hybridized carbons (Fsp3) is 1.00. The van der Waals surface area contributed by atoms with E-state index >= 15 is 0 Å². The topological polar surface area (TPSA) is 55.4 Å². The van der Waals surface area contributed by atoms with Crippen LogP contribution in [0.25, 0.3) is 0 Å². The van der Waals surface area contributed by atoms with Gasteiger partial charge in [-0.15, -0.1) is 0 Å². The van der Waals surface area contributed by atoms with Gasteiger partial charge in [0.1, 0.15) is 0 Å². The SMILES string of the molecule is CCCCCCCCO[Si](CCC[Si](OCCCCCCCC)(OCCCCCCCC)OCCCCCCCC)(OCCCCCCCC)OCCCCCCCC. The Hall–Kier alpha value is 0.194. The van der Waals surface area contributed by atoms with Crippen molar-refractivity contribution in [2.24, 2.45) is 0 Å². The molecule has 0 saturated heterocycles. The Morgan fingerprint density at radius 2 is 0.339 bits per heavy atom. The minimum Gasteiger partial charge on any atom is -0.373 e. The average molecular weight is 874 g/mol. The first-order chi connectivity index (χ1) is 29.1. The van der Waals surface area contributed by atoms with Gasteiger partial charge >= 0.3 is 17.6 Å². The van der Waals surface area contributed by atoms with Crippen molar-refractivity contribution in [2.75, 3.05) is 39.6 Å². The van der Waals surface area contributed by atoms with Gasteiger partial charge in [0.05, 0.1) is 0 Å². The summed E-state index contributed by atoms with van der Waals surface area (Å²) in [4.78, 5) is 0. The maximum absolute atomic E-state index is 6.96. The third-order valence-corrected chi connectivity index (χ3v) is 17.7. The minimum atomic E-state index is -2.94. The van der Waals surface area contributed by atoms with E-state index in [0.29, 0.717) is 0 Å². The van der Waals surface area contributed by atoms with Gasteiger partial charge in [-0.3, -0.25) is 0 Å². The van der Waals surface area contributed by atoms with Crippen LogP contribution < -0.4 is 0 Å². The Morgan fingerprint density at radius 1 is 0.186 bits per heavy atom. The molecule has 0 rings (SSSR count). The fourth-order valence-corrected chi connectivity index (χ4v) is 13.5. The number of hydrogen-bond donors (Lipinski definition) is 0. The Balaban J connectivity index is 6.12. The molecule has 8 heteroatoms. The van der Waals surface area contributed by atoms with Gasteiger partial charge in [0.2, 0.25) is 0 Å². The zero-order chi connectivity index (χ0) is 43.1. The highest BCUT2D eigenvalue weighted by molar-refractivity contribution is 6.62. The molecule has 0 unspecified atom stereocenters. The molecule has 0 aliphatic rings. The lowest BCUT2D eigenvalue weighted by Gasteiger charge is -2.33. The Labute approximate surface area is 373 Å². The number of hydrogen-bond acceptors (Lipinski definition) is 6. The zero-order valence-corrected chi connectivity index (χ0v) is 43.3. The third kappa shape index (κ3) is 39.5. The summed E-state index contributed by atoms with van der Waals surface area (Å²) in [6.07, 6.45) is 46.1. The normalized spacial score (nSPS) is 12.3. The lowest BCUT2D eigenvalue weighted by atomic mass is 10.1.